The number of hydrogen-bond acceptors (Lipinski definition) is 5. The van der Waals surface area contributed by atoms with Gasteiger partial charge in [-0.25, -0.2) is 15.0 Å². The molecule has 0 fully saturated rings. The van der Waals surface area contributed by atoms with Gasteiger partial charge in [0.15, 0.2) is 5.78 Å². The molecule has 0 spiro atoms. The second-order valence-electron chi connectivity index (χ2n) is 7.72. The lowest BCUT2D eigenvalue weighted by atomic mass is 10.0. The standard InChI is InChI=1S/C22H32N2O3S/c1-17-14-19(23-10-11-26-16-27-12-13-28(3,4)5)6-8-21(17)24-20-7-9-22(25)18(2)15-20/h6-9,14-15,23H,10-13,16H2,1-5H3. The zero-order valence-electron chi connectivity index (χ0n) is 17.6. The predicted octanol–water partition coefficient (Wildman–Crippen LogP) is 4.25. The van der Waals surface area contributed by atoms with Crippen LogP contribution in [0, 0.1) is 6.92 Å². The molecule has 0 aliphatic heterocycles. The zero-order valence-corrected chi connectivity index (χ0v) is 18.4. The SMILES string of the molecule is CC1=CC(=Nc2ccc(NCCOCOCCS(C)(C)C)cc2C)C=CC1=O. The van der Waals surface area contributed by atoms with Gasteiger partial charge in [-0.3, -0.25) is 4.79 Å². The quantitative estimate of drug-likeness (QED) is 0.360. The van der Waals surface area contributed by atoms with Gasteiger partial charge in [-0.1, -0.05) is 0 Å². The van der Waals surface area contributed by atoms with Gasteiger partial charge in [0.25, 0.3) is 0 Å². The maximum Gasteiger partial charge on any atom is 0.181 e. The molecule has 2 rings (SSSR count). The van der Waals surface area contributed by atoms with Gasteiger partial charge < -0.3 is 14.8 Å². The number of benzene rings is 1. The molecule has 0 unspecified atom stereocenters. The summed E-state index contributed by atoms with van der Waals surface area (Å²) in [6, 6.07) is 6.05. The Labute approximate surface area is 170 Å². The van der Waals surface area contributed by atoms with Crippen molar-refractivity contribution >= 4 is 32.9 Å². The first-order chi connectivity index (χ1) is 13.2. The van der Waals surface area contributed by atoms with E-state index in [1.165, 1.54) is 0 Å². The molecular weight excluding hydrogens is 372 g/mol. The van der Waals surface area contributed by atoms with Crippen molar-refractivity contribution in [2.75, 3.05) is 56.4 Å². The molecule has 0 bridgehead atoms. The van der Waals surface area contributed by atoms with Gasteiger partial charge in [0.2, 0.25) is 0 Å². The van der Waals surface area contributed by atoms with Crippen LogP contribution in [-0.4, -0.2) is 62.6 Å². The van der Waals surface area contributed by atoms with E-state index < -0.39 is 10.0 Å². The third-order valence-corrected chi connectivity index (χ3v) is 5.58. The summed E-state index contributed by atoms with van der Waals surface area (Å²) in [7, 11) is -0.504. The maximum atomic E-state index is 11.5. The number of nitrogens with one attached hydrogen (secondary N) is 1. The molecule has 0 heterocycles. The van der Waals surface area contributed by atoms with Crippen LogP contribution >= 0.6 is 10.0 Å². The van der Waals surface area contributed by atoms with Crippen molar-refractivity contribution in [2.45, 2.75) is 13.8 Å². The largest absolute Gasteiger partial charge is 0.383 e. The number of hydrogen-bond donors (Lipinski definition) is 1. The second kappa shape index (κ2) is 10.6. The second-order valence-corrected chi connectivity index (χ2v) is 12.3. The van der Waals surface area contributed by atoms with Crippen LogP contribution in [0.4, 0.5) is 11.4 Å². The Morgan fingerprint density at radius 1 is 1.07 bits per heavy atom. The highest BCUT2D eigenvalue weighted by Crippen LogP contribution is 2.33. The average molecular weight is 405 g/mol. The van der Waals surface area contributed by atoms with Crippen molar-refractivity contribution in [2.24, 2.45) is 4.99 Å². The molecule has 0 radical (unpaired) electrons. The van der Waals surface area contributed by atoms with E-state index in [2.05, 4.69) is 35.1 Å². The van der Waals surface area contributed by atoms with E-state index in [9.17, 15) is 4.79 Å². The van der Waals surface area contributed by atoms with Crippen LogP contribution < -0.4 is 5.32 Å². The monoisotopic (exact) mass is 404 g/mol. The number of aliphatic imine (C=N–C) groups is 1. The summed E-state index contributed by atoms with van der Waals surface area (Å²) in [4.78, 5) is 16.1. The third-order valence-electron chi connectivity index (χ3n) is 4.19. The van der Waals surface area contributed by atoms with Crippen molar-refractivity contribution in [3.63, 3.8) is 0 Å². The number of ether oxygens (including phenoxy) is 2. The fourth-order valence-electron chi connectivity index (χ4n) is 2.49. The molecule has 1 aromatic rings. The van der Waals surface area contributed by atoms with Gasteiger partial charge in [-0.15, -0.1) is 0 Å². The number of nitrogens with zero attached hydrogens (tertiary/aromatic N) is 1. The van der Waals surface area contributed by atoms with Gasteiger partial charge in [0.05, 0.1) is 24.6 Å². The maximum absolute atomic E-state index is 11.5. The van der Waals surface area contributed by atoms with Crippen LogP contribution in [0.3, 0.4) is 0 Å². The minimum absolute atomic E-state index is 0.0400. The van der Waals surface area contributed by atoms with E-state index in [1.54, 1.807) is 19.1 Å². The smallest absolute Gasteiger partial charge is 0.181 e. The molecular formula is C22H32N2O3S. The first-order valence-corrected chi connectivity index (χ1v) is 12.4. The number of rotatable bonds is 10. The van der Waals surface area contributed by atoms with Crippen LogP contribution in [0.15, 0.2) is 47.0 Å². The molecule has 0 amide bonds. The summed E-state index contributed by atoms with van der Waals surface area (Å²) in [6.45, 7) is 6.24. The highest BCUT2D eigenvalue weighted by Gasteiger charge is 2.08. The summed E-state index contributed by atoms with van der Waals surface area (Å²) in [5.41, 5.74) is 4.50. The zero-order chi connectivity index (χ0) is 20.6. The third kappa shape index (κ3) is 8.00. The normalized spacial score (nSPS) is 16.4. The highest BCUT2D eigenvalue weighted by molar-refractivity contribution is 8.32. The number of ketones is 1. The van der Waals surface area contributed by atoms with Gasteiger partial charge in [-0.2, -0.15) is 0 Å². The summed E-state index contributed by atoms with van der Waals surface area (Å²) in [5.74, 6) is 1.14. The number of allylic oxidation sites excluding steroid dienone is 4. The minimum Gasteiger partial charge on any atom is -0.383 e. The van der Waals surface area contributed by atoms with Gasteiger partial charge in [0, 0.05) is 18.0 Å². The van der Waals surface area contributed by atoms with Gasteiger partial charge >= 0.3 is 0 Å². The fraction of sp³-hybridized carbons (Fsp3) is 0.455. The molecule has 0 atom stereocenters. The molecule has 1 aliphatic carbocycles. The van der Waals surface area contributed by atoms with Crippen molar-refractivity contribution in [1.82, 2.24) is 0 Å². The van der Waals surface area contributed by atoms with E-state index >= 15 is 0 Å². The van der Waals surface area contributed by atoms with Crippen LogP contribution in [0.1, 0.15) is 12.5 Å². The molecule has 1 N–H and O–H groups in total. The lowest BCUT2D eigenvalue weighted by Crippen LogP contribution is -2.13. The summed E-state index contributed by atoms with van der Waals surface area (Å²) < 4.78 is 11.0. The van der Waals surface area contributed by atoms with Crippen LogP contribution in [-0.2, 0) is 14.3 Å². The summed E-state index contributed by atoms with van der Waals surface area (Å²) >= 11 is 0. The molecule has 154 valence electrons. The molecule has 0 saturated heterocycles. The Kier molecular flexibility index (Phi) is 8.48. The Morgan fingerprint density at radius 2 is 1.82 bits per heavy atom. The van der Waals surface area contributed by atoms with Crippen molar-refractivity contribution in [3.05, 3.63) is 47.6 Å². The number of carbonyl (C=O) groups excluding carboxylic acids is 1. The summed E-state index contributed by atoms with van der Waals surface area (Å²) in [5, 5.41) is 3.35. The lowest BCUT2D eigenvalue weighted by Gasteiger charge is -2.24. The molecule has 0 aromatic heterocycles. The Balaban J connectivity index is 1.74. The van der Waals surface area contributed by atoms with E-state index in [1.807, 2.05) is 25.1 Å². The van der Waals surface area contributed by atoms with E-state index in [0.29, 0.717) is 25.5 Å². The van der Waals surface area contributed by atoms with E-state index in [0.717, 1.165) is 35.0 Å². The first-order valence-electron chi connectivity index (χ1n) is 9.40. The van der Waals surface area contributed by atoms with E-state index in [-0.39, 0.29) is 5.78 Å². The van der Waals surface area contributed by atoms with Gasteiger partial charge in [0.1, 0.15) is 6.79 Å². The van der Waals surface area contributed by atoms with Crippen LogP contribution in [0.2, 0.25) is 0 Å². The highest BCUT2D eigenvalue weighted by atomic mass is 32.3. The Bertz CT molecular complexity index is 776. The minimum atomic E-state index is -0.504. The molecule has 1 aromatic carbocycles. The van der Waals surface area contributed by atoms with Gasteiger partial charge in [-0.05, 0) is 80.2 Å². The Morgan fingerprint density at radius 3 is 2.50 bits per heavy atom. The number of carbonyl (C=O) groups is 1. The first kappa shape index (κ1) is 22.4. The van der Waals surface area contributed by atoms with Crippen LogP contribution in [0.25, 0.3) is 0 Å². The lowest BCUT2D eigenvalue weighted by molar-refractivity contribution is -0.111. The molecule has 28 heavy (non-hydrogen) atoms. The predicted molar refractivity (Wildman–Crippen MR) is 122 cm³/mol. The van der Waals surface area contributed by atoms with E-state index in [4.69, 9.17) is 9.47 Å². The molecule has 5 nitrogen and oxygen atoms in total. The fourth-order valence-corrected chi connectivity index (χ4v) is 3.10. The van der Waals surface area contributed by atoms with Crippen LogP contribution in [0.5, 0.6) is 0 Å². The summed E-state index contributed by atoms with van der Waals surface area (Å²) in [6.07, 6.45) is 12.0. The molecule has 6 heteroatoms. The molecule has 1 aliphatic rings. The van der Waals surface area contributed by atoms with Crippen molar-refractivity contribution < 1.29 is 14.3 Å². The average Bonchev–Trinajstić information content (AvgIpc) is 2.61. The Hall–Kier alpha value is -1.89. The number of anilines is 1. The van der Waals surface area contributed by atoms with Crippen molar-refractivity contribution in [3.8, 4) is 0 Å². The molecule has 0 saturated carbocycles. The topological polar surface area (TPSA) is 59.9 Å². The number of aryl methyl sites for hydroxylation is 1. The van der Waals surface area contributed by atoms with Crippen molar-refractivity contribution in [1.29, 1.82) is 0 Å².